The highest BCUT2D eigenvalue weighted by molar-refractivity contribution is 5.99. The van der Waals surface area contributed by atoms with Gasteiger partial charge >= 0.3 is 6.18 Å². The Morgan fingerprint density at radius 1 is 1.43 bits per heavy atom. The lowest BCUT2D eigenvalue weighted by atomic mass is 10.1. The topological polar surface area (TPSA) is 67.6 Å². The lowest BCUT2D eigenvalue weighted by Gasteiger charge is -2.19. The fourth-order valence-corrected chi connectivity index (χ4v) is 1.78. The van der Waals surface area contributed by atoms with E-state index in [-0.39, 0.29) is 11.3 Å². The number of nitrogen functional groups attached to an aromatic ring is 1. The van der Waals surface area contributed by atoms with Crippen molar-refractivity contribution in [2.24, 2.45) is 5.84 Å². The monoisotopic (exact) mass is 305 g/mol. The van der Waals surface area contributed by atoms with Crippen LogP contribution in [-0.2, 0) is 10.9 Å². The van der Waals surface area contributed by atoms with Gasteiger partial charge in [0.15, 0.2) is 0 Å². The lowest BCUT2D eigenvalue weighted by molar-refractivity contribution is -0.137. The molecule has 0 unspecified atom stereocenters. The molecule has 0 saturated carbocycles. The van der Waals surface area contributed by atoms with Gasteiger partial charge in [-0.1, -0.05) is 0 Å². The van der Waals surface area contributed by atoms with Crippen molar-refractivity contribution < 1.29 is 22.7 Å². The first-order chi connectivity index (χ1) is 9.81. The smallest absolute Gasteiger partial charge is 0.385 e. The van der Waals surface area contributed by atoms with E-state index in [1.54, 1.807) is 0 Å². The van der Waals surface area contributed by atoms with Crippen molar-refractivity contribution in [3.63, 3.8) is 0 Å². The molecule has 0 radical (unpaired) electrons. The van der Waals surface area contributed by atoms with Crippen molar-refractivity contribution in [2.45, 2.75) is 12.6 Å². The van der Waals surface area contributed by atoms with Gasteiger partial charge in [0.25, 0.3) is 5.91 Å². The van der Waals surface area contributed by atoms with E-state index < -0.39 is 17.6 Å². The van der Waals surface area contributed by atoms with Crippen LogP contribution in [0.3, 0.4) is 0 Å². The number of hydrazine groups is 1. The summed E-state index contributed by atoms with van der Waals surface area (Å²) in [6, 6.07) is 2.81. The number of alkyl halides is 3. The van der Waals surface area contributed by atoms with Crippen LogP contribution < -0.4 is 11.3 Å². The number of anilines is 1. The highest BCUT2D eigenvalue weighted by Crippen LogP contribution is 2.32. The van der Waals surface area contributed by atoms with Crippen LogP contribution in [0.2, 0.25) is 0 Å². The largest absolute Gasteiger partial charge is 0.416 e. The van der Waals surface area contributed by atoms with Crippen molar-refractivity contribution in [2.75, 3.05) is 32.7 Å². The minimum atomic E-state index is -4.52. The van der Waals surface area contributed by atoms with Gasteiger partial charge in [-0.05, 0) is 24.6 Å². The van der Waals surface area contributed by atoms with Gasteiger partial charge < -0.3 is 15.1 Å². The van der Waals surface area contributed by atoms with Crippen LogP contribution in [-0.4, -0.2) is 38.1 Å². The number of nitrogens with one attached hydrogen (secondary N) is 1. The van der Waals surface area contributed by atoms with Crippen LogP contribution in [0.4, 0.5) is 18.9 Å². The second kappa shape index (κ2) is 7.28. The maximum Gasteiger partial charge on any atom is 0.416 e. The normalized spacial score (nSPS) is 11.3. The minimum Gasteiger partial charge on any atom is -0.385 e. The van der Waals surface area contributed by atoms with Crippen molar-refractivity contribution >= 4 is 11.6 Å². The van der Waals surface area contributed by atoms with Crippen LogP contribution in [0.1, 0.15) is 22.3 Å². The van der Waals surface area contributed by atoms with Crippen LogP contribution in [0.15, 0.2) is 18.2 Å². The first kappa shape index (κ1) is 17.3. The number of carbonyl (C=O) groups excluding carboxylic acids is 1. The van der Waals surface area contributed by atoms with Gasteiger partial charge in [-0.25, -0.2) is 0 Å². The summed E-state index contributed by atoms with van der Waals surface area (Å²) in [6.45, 7) is 0.829. The van der Waals surface area contributed by atoms with E-state index in [1.807, 2.05) is 0 Å². The molecule has 0 aliphatic rings. The van der Waals surface area contributed by atoms with Gasteiger partial charge in [0, 0.05) is 27.3 Å². The standard InChI is InChI=1S/C13H18F3N3O2/c1-19(6-3-7-21-2)12(20)10-8-9(13(14,15)16)4-5-11(10)18-17/h4-5,8,18H,3,6-7,17H2,1-2H3. The maximum atomic E-state index is 12.7. The molecule has 21 heavy (non-hydrogen) atoms. The number of nitrogens with zero attached hydrogens (tertiary/aromatic N) is 1. The predicted molar refractivity (Wildman–Crippen MR) is 72.7 cm³/mol. The molecule has 0 fully saturated rings. The van der Waals surface area contributed by atoms with Crippen LogP contribution in [0.5, 0.6) is 0 Å². The molecule has 1 aromatic carbocycles. The molecule has 0 aliphatic carbocycles. The third-order valence-electron chi connectivity index (χ3n) is 2.92. The van der Waals surface area contributed by atoms with Crippen LogP contribution in [0.25, 0.3) is 0 Å². The molecule has 1 amide bonds. The highest BCUT2D eigenvalue weighted by Gasteiger charge is 2.32. The van der Waals surface area contributed by atoms with Gasteiger partial charge in [-0.15, -0.1) is 0 Å². The number of carbonyl (C=O) groups is 1. The van der Waals surface area contributed by atoms with Gasteiger partial charge in [-0.2, -0.15) is 13.2 Å². The highest BCUT2D eigenvalue weighted by atomic mass is 19.4. The zero-order valence-electron chi connectivity index (χ0n) is 11.8. The molecule has 0 spiro atoms. The van der Waals surface area contributed by atoms with Crippen molar-refractivity contribution in [3.8, 4) is 0 Å². The first-order valence-electron chi connectivity index (χ1n) is 6.23. The van der Waals surface area contributed by atoms with E-state index in [1.165, 1.54) is 19.1 Å². The molecule has 1 rings (SSSR count). The molecule has 0 heterocycles. The van der Waals surface area contributed by atoms with E-state index in [4.69, 9.17) is 10.6 Å². The molecule has 1 aromatic rings. The van der Waals surface area contributed by atoms with Crippen molar-refractivity contribution in [1.29, 1.82) is 0 Å². The van der Waals surface area contributed by atoms with E-state index in [2.05, 4.69) is 5.43 Å². The van der Waals surface area contributed by atoms with Crippen LogP contribution in [0, 0.1) is 0 Å². The van der Waals surface area contributed by atoms with E-state index in [0.29, 0.717) is 19.6 Å². The number of methoxy groups -OCH3 is 1. The molecule has 3 N–H and O–H groups in total. The molecule has 118 valence electrons. The van der Waals surface area contributed by atoms with Gasteiger partial charge in [0.2, 0.25) is 0 Å². The molecule has 0 aromatic heterocycles. The number of hydrogen-bond donors (Lipinski definition) is 2. The second-order valence-corrected chi connectivity index (χ2v) is 4.48. The second-order valence-electron chi connectivity index (χ2n) is 4.48. The summed E-state index contributed by atoms with van der Waals surface area (Å²) in [4.78, 5) is 13.5. The Hall–Kier alpha value is -1.80. The Bertz CT molecular complexity index is 492. The number of ether oxygens (including phenoxy) is 1. The quantitative estimate of drug-likeness (QED) is 0.480. The molecular weight excluding hydrogens is 287 g/mol. The summed E-state index contributed by atoms with van der Waals surface area (Å²) >= 11 is 0. The van der Waals surface area contributed by atoms with Crippen molar-refractivity contribution in [3.05, 3.63) is 29.3 Å². The summed E-state index contributed by atoms with van der Waals surface area (Å²) in [5.74, 6) is 4.71. The molecule has 0 aliphatic heterocycles. The van der Waals surface area contributed by atoms with Gasteiger partial charge in [-0.3, -0.25) is 10.6 Å². The average molecular weight is 305 g/mol. The van der Waals surface area contributed by atoms with E-state index in [0.717, 1.165) is 18.2 Å². The Kier molecular flexibility index (Phi) is 5.98. The summed E-state index contributed by atoms with van der Waals surface area (Å²) < 4.78 is 43.0. The average Bonchev–Trinajstić information content (AvgIpc) is 2.44. The zero-order valence-corrected chi connectivity index (χ0v) is 11.8. The summed E-state index contributed by atoms with van der Waals surface area (Å²) in [7, 11) is 3.05. The van der Waals surface area contributed by atoms with Gasteiger partial charge in [0.05, 0.1) is 16.8 Å². The predicted octanol–water partition coefficient (Wildman–Crippen LogP) is 2.10. The number of benzene rings is 1. The van der Waals surface area contributed by atoms with Gasteiger partial charge in [0.1, 0.15) is 0 Å². The summed E-state index contributed by atoms with van der Waals surface area (Å²) in [5.41, 5.74) is 1.37. The molecule has 8 heteroatoms. The number of hydrogen-bond acceptors (Lipinski definition) is 4. The maximum absolute atomic E-state index is 12.7. The fourth-order valence-electron chi connectivity index (χ4n) is 1.78. The Morgan fingerprint density at radius 2 is 2.10 bits per heavy atom. The third kappa shape index (κ3) is 4.61. The molecule has 0 bridgehead atoms. The Morgan fingerprint density at radius 3 is 2.62 bits per heavy atom. The SMILES string of the molecule is COCCCN(C)C(=O)c1cc(C(F)(F)F)ccc1NN. The third-order valence-corrected chi connectivity index (χ3v) is 2.92. The number of nitrogens with two attached hydrogens (primary N) is 1. The minimum absolute atomic E-state index is 0.118. The Labute approximate surface area is 120 Å². The van der Waals surface area contributed by atoms with E-state index >= 15 is 0 Å². The lowest BCUT2D eigenvalue weighted by Crippen LogP contribution is -2.30. The Balaban J connectivity index is 3.00. The molecule has 0 saturated heterocycles. The number of amides is 1. The molecular formula is C13H18F3N3O2. The number of halogens is 3. The summed E-state index contributed by atoms with van der Waals surface area (Å²) in [6.07, 6.45) is -3.93. The van der Waals surface area contributed by atoms with E-state index in [9.17, 15) is 18.0 Å². The molecule has 0 atom stereocenters. The summed E-state index contributed by atoms with van der Waals surface area (Å²) in [5, 5.41) is 0. The van der Waals surface area contributed by atoms with Crippen molar-refractivity contribution in [1.82, 2.24) is 4.90 Å². The zero-order chi connectivity index (χ0) is 16.0. The fraction of sp³-hybridized carbons (Fsp3) is 0.462. The molecule has 5 nitrogen and oxygen atoms in total. The van der Waals surface area contributed by atoms with Crippen LogP contribution >= 0.6 is 0 Å². The first-order valence-corrected chi connectivity index (χ1v) is 6.23. The number of rotatable bonds is 6.